The van der Waals surface area contributed by atoms with E-state index in [1.165, 1.54) is 0 Å². The van der Waals surface area contributed by atoms with Crippen molar-refractivity contribution in [1.29, 1.82) is 0 Å². The molecule has 0 unspecified atom stereocenters. The first kappa shape index (κ1) is 15.1. The van der Waals surface area contributed by atoms with E-state index in [1.54, 1.807) is 13.2 Å². The number of rotatable bonds is 3. The molecule has 122 valence electrons. The molecule has 0 radical (unpaired) electrons. The van der Waals surface area contributed by atoms with Gasteiger partial charge in [-0.25, -0.2) is 4.98 Å². The van der Waals surface area contributed by atoms with Crippen LogP contribution in [0.5, 0.6) is 5.75 Å². The number of methoxy groups -OCH3 is 1. The highest BCUT2D eigenvalue weighted by Gasteiger charge is 2.04. The fourth-order valence-corrected chi connectivity index (χ4v) is 2.81. The van der Waals surface area contributed by atoms with Gasteiger partial charge in [-0.2, -0.15) is 0 Å². The predicted molar refractivity (Wildman–Crippen MR) is 102 cm³/mol. The molecule has 4 rings (SSSR count). The molecule has 4 heteroatoms. The van der Waals surface area contributed by atoms with E-state index in [4.69, 9.17) is 4.74 Å². The van der Waals surface area contributed by atoms with Crippen molar-refractivity contribution < 1.29 is 4.74 Å². The van der Waals surface area contributed by atoms with Crippen LogP contribution in [0.4, 0.5) is 0 Å². The van der Waals surface area contributed by atoms with Gasteiger partial charge in [0.25, 0.3) is 5.56 Å². The van der Waals surface area contributed by atoms with Crippen molar-refractivity contribution in [3.63, 3.8) is 0 Å². The molecule has 0 saturated carbocycles. The Bertz CT molecular complexity index is 1140. The Balaban J connectivity index is 1.75. The highest BCUT2D eigenvalue weighted by molar-refractivity contribution is 5.96. The van der Waals surface area contributed by atoms with Crippen molar-refractivity contribution in [3.05, 3.63) is 82.4 Å². The van der Waals surface area contributed by atoms with E-state index < -0.39 is 0 Å². The Hall–Kier alpha value is -3.40. The summed E-state index contributed by atoms with van der Waals surface area (Å²) in [6, 6.07) is 19.5. The van der Waals surface area contributed by atoms with Crippen LogP contribution in [0.15, 0.2) is 65.5 Å². The molecule has 4 aromatic rings. The fourth-order valence-electron chi connectivity index (χ4n) is 2.81. The van der Waals surface area contributed by atoms with Gasteiger partial charge in [0, 0.05) is 0 Å². The molecule has 0 saturated heterocycles. The minimum absolute atomic E-state index is 0.134. The number of nitrogens with one attached hydrogen (secondary N) is 1. The summed E-state index contributed by atoms with van der Waals surface area (Å²) in [6.07, 6.45) is 3.71. The molecule has 0 fully saturated rings. The first-order valence-corrected chi connectivity index (χ1v) is 7.98. The summed E-state index contributed by atoms with van der Waals surface area (Å²) in [6.45, 7) is 0. The molecule has 25 heavy (non-hydrogen) atoms. The number of aromatic nitrogens is 2. The van der Waals surface area contributed by atoms with Gasteiger partial charge >= 0.3 is 0 Å². The molecular weight excluding hydrogens is 312 g/mol. The smallest absolute Gasteiger partial charge is 0.259 e. The average molecular weight is 328 g/mol. The number of nitrogens with zero attached hydrogens (tertiary/aromatic N) is 1. The summed E-state index contributed by atoms with van der Waals surface area (Å²) in [5.74, 6) is 1.34. The summed E-state index contributed by atoms with van der Waals surface area (Å²) in [5, 5.41) is 2.70. The number of benzene rings is 3. The molecule has 1 aromatic heterocycles. The van der Waals surface area contributed by atoms with Crippen LogP contribution in [-0.2, 0) is 0 Å². The Morgan fingerprint density at radius 1 is 0.960 bits per heavy atom. The summed E-state index contributed by atoms with van der Waals surface area (Å²) in [4.78, 5) is 19.8. The fraction of sp³-hybridized carbons (Fsp3) is 0.0476. The lowest BCUT2D eigenvalue weighted by Gasteiger charge is -2.03. The van der Waals surface area contributed by atoms with E-state index in [-0.39, 0.29) is 5.56 Å². The van der Waals surface area contributed by atoms with Crippen LogP contribution < -0.4 is 10.3 Å². The van der Waals surface area contributed by atoms with Gasteiger partial charge in [-0.3, -0.25) is 4.79 Å². The topological polar surface area (TPSA) is 55.0 Å². The SMILES string of the molecule is COc1ccc(/C=C/c2nc3cc4ccccc4cc3c(=O)[nH]2)cc1. The quantitative estimate of drug-likeness (QED) is 0.572. The molecule has 1 N–H and O–H groups in total. The van der Waals surface area contributed by atoms with Crippen LogP contribution in [0.1, 0.15) is 11.4 Å². The first-order valence-electron chi connectivity index (χ1n) is 7.98. The number of hydrogen-bond acceptors (Lipinski definition) is 3. The van der Waals surface area contributed by atoms with Gasteiger partial charge in [0.15, 0.2) is 0 Å². The molecule has 0 aliphatic heterocycles. The van der Waals surface area contributed by atoms with Crippen molar-refractivity contribution in [2.45, 2.75) is 0 Å². The largest absolute Gasteiger partial charge is 0.497 e. The minimum Gasteiger partial charge on any atom is -0.497 e. The number of hydrogen-bond donors (Lipinski definition) is 1. The maximum atomic E-state index is 12.4. The molecule has 0 spiro atoms. The molecule has 0 aliphatic carbocycles. The summed E-state index contributed by atoms with van der Waals surface area (Å²) >= 11 is 0. The molecule has 0 bridgehead atoms. The molecule has 0 atom stereocenters. The summed E-state index contributed by atoms with van der Waals surface area (Å²) < 4.78 is 5.15. The van der Waals surface area contributed by atoms with Gasteiger partial charge in [0.1, 0.15) is 11.6 Å². The van der Waals surface area contributed by atoms with E-state index in [0.717, 1.165) is 22.1 Å². The van der Waals surface area contributed by atoms with Crippen molar-refractivity contribution in [3.8, 4) is 5.75 Å². The highest BCUT2D eigenvalue weighted by Crippen LogP contribution is 2.19. The lowest BCUT2D eigenvalue weighted by Crippen LogP contribution is -2.09. The molecule has 0 amide bonds. The zero-order chi connectivity index (χ0) is 17.2. The predicted octanol–water partition coefficient (Wildman–Crippen LogP) is 4.26. The second kappa shape index (κ2) is 6.24. The minimum atomic E-state index is -0.134. The normalized spacial score (nSPS) is 11.4. The second-order valence-corrected chi connectivity index (χ2v) is 5.77. The Morgan fingerprint density at radius 2 is 1.68 bits per heavy atom. The zero-order valence-electron chi connectivity index (χ0n) is 13.7. The third kappa shape index (κ3) is 3.02. The van der Waals surface area contributed by atoms with E-state index >= 15 is 0 Å². The second-order valence-electron chi connectivity index (χ2n) is 5.77. The molecular formula is C21H16N2O2. The molecule has 0 aliphatic rings. The van der Waals surface area contributed by atoms with Crippen LogP contribution in [-0.4, -0.2) is 17.1 Å². The third-order valence-electron chi connectivity index (χ3n) is 4.14. The van der Waals surface area contributed by atoms with E-state index in [0.29, 0.717) is 16.7 Å². The first-order chi connectivity index (χ1) is 12.2. The van der Waals surface area contributed by atoms with Gasteiger partial charge in [0.2, 0.25) is 0 Å². The third-order valence-corrected chi connectivity index (χ3v) is 4.14. The van der Waals surface area contributed by atoms with Gasteiger partial charge < -0.3 is 9.72 Å². The van der Waals surface area contributed by atoms with Crippen LogP contribution >= 0.6 is 0 Å². The van der Waals surface area contributed by atoms with Crippen molar-refractivity contribution >= 4 is 33.8 Å². The van der Waals surface area contributed by atoms with Crippen molar-refractivity contribution in [1.82, 2.24) is 9.97 Å². The lowest BCUT2D eigenvalue weighted by molar-refractivity contribution is 0.415. The lowest BCUT2D eigenvalue weighted by atomic mass is 10.1. The van der Waals surface area contributed by atoms with E-state index in [2.05, 4.69) is 9.97 Å². The highest BCUT2D eigenvalue weighted by atomic mass is 16.5. The zero-order valence-corrected chi connectivity index (χ0v) is 13.7. The number of ether oxygens (including phenoxy) is 1. The average Bonchev–Trinajstić information content (AvgIpc) is 2.65. The number of fused-ring (bicyclic) bond motifs is 2. The Kier molecular flexibility index (Phi) is 3.78. The Morgan fingerprint density at radius 3 is 2.40 bits per heavy atom. The van der Waals surface area contributed by atoms with Crippen LogP contribution in [0.2, 0.25) is 0 Å². The van der Waals surface area contributed by atoms with Gasteiger partial charge in [-0.1, -0.05) is 42.5 Å². The van der Waals surface area contributed by atoms with Crippen LogP contribution in [0.3, 0.4) is 0 Å². The maximum absolute atomic E-state index is 12.4. The summed E-state index contributed by atoms with van der Waals surface area (Å²) in [7, 11) is 1.64. The molecule has 4 nitrogen and oxygen atoms in total. The summed E-state index contributed by atoms with van der Waals surface area (Å²) in [5.41, 5.74) is 1.56. The van der Waals surface area contributed by atoms with E-state index in [1.807, 2.05) is 66.7 Å². The molecule has 3 aromatic carbocycles. The van der Waals surface area contributed by atoms with Gasteiger partial charge in [0.05, 0.1) is 18.0 Å². The van der Waals surface area contributed by atoms with Crippen LogP contribution in [0, 0.1) is 0 Å². The number of H-pyrrole nitrogens is 1. The van der Waals surface area contributed by atoms with E-state index in [9.17, 15) is 4.79 Å². The van der Waals surface area contributed by atoms with Gasteiger partial charge in [-0.15, -0.1) is 0 Å². The maximum Gasteiger partial charge on any atom is 0.259 e. The Labute approximate surface area is 144 Å². The van der Waals surface area contributed by atoms with Crippen molar-refractivity contribution in [2.24, 2.45) is 0 Å². The molecule has 1 heterocycles. The number of aromatic amines is 1. The standard InChI is InChI=1S/C21H16N2O2/c1-25-17-9-6-14(7-10-17)8-11-20-22-19-13-16-5-3-2-4-15(16)12-18(19)21(24)23-20/h2-13H,1H3,(H,22,23,24)/b11-8+. The van der Waals surface area contributed by atoms with Gasteiger partial charge in [-0.05, 0) is 46.7 Å². The van der Waals surface area contributed by atoms with Crippen molar-refractivity contribution in [2.75, 3.05) is 7.11 Å². The van der Waals surface area contributed by atoms with Crippen LogP contribution in [0.25, 0.3) is 33.8 Å². The monoisotopic (exact) mass is 328 g/mol.